The number of hydrogen-bond donors (Lipinski definition) is 0. The van der Waals surface area contributed by atoms with Gasteiger partial charge < -0.3 is 14.4 Å². The molecule has 1 heterocycles. The molecule has 1 aliphatic heterocycles. The second-order valence-electron chi connectivity index (χ2n) is 5.53. The van der Waals surface area contributed by atoms with Gasteiger partial charge in [-0.2, -0.15) is 0 Å². The van der Waals surface area contributed by atoms with Gasteiger partial charge in [0.1, 0.15) is 12.4 Å². The fourth-order valence-electron chi connectivity index (χ4n) is 2.44. The third-order valence-corrected chi connectivity index (χ3v) is 3.84. The highest BCUT2D eigenvalue weighted by Gasteiger charge is 2.32. The molecular weight excluding hydrogens is 341 g/mol. The van der Waals surface area contributed by atoms with Gasteiger partial charge in [0.2, 0.25) is 6.29 Å². The summed E-state index contributed by atoms with van der Waals surface area (Å²) in [7, 11) is 0. The number of carbonyl (C=O) groups excluding carboxylic acids is 2. The molecule has 1 aromatic carbocycles. The zero-order valence-electron chi connectivity index (χ0n) is 13.6. The third-order valence-electron chi connectivity index (χ3n) is 3.84. The van der Waals surface area contributed by atoms with E-state index in [0.29, 0.717) is 26.2 Å². The van der Waals surface area contributed by atoms with E-state index in [1.807, 2.05) is 11.2 Å². The first-order chi connectivity index (χ1) is 11.8. The quantitative estimate of drug-likeness (QED) is 0.808. The zero-order chi connectivity index (χ0) is 18.4. The summed E-state index contributed by atoms with van der Waals surface area (Å²) >= 11 is 0. The molecule has 2 rings (SSSR count). The Balaban J connectivity index is 1.88. The van der Waals surface area contributed by atoms with Crippen LogP contribution >= 0.6 is 0 Å². The van der Waals surface area contributed by atoms with Crippen molar-refractivity contribution in [1.29, 1.82) is 0 Å². The number of hydrogen-bond acceptors (Lipinski definition) is 5. The van der Waals surface area contributed by atoms with Gasteiger partial charge in [-0.25, -0.2) is 4.79 Å². The SMILES string of the molecule is CC([C]=O)N1CCN(C(=O)OCc2ccccc2OC(F)(F)F)CC1. The molecule has 0 saturated carbocycles. The van der Waals surface area contributed by atoms with Crippen LogP contribution < -0.4 is 4.74 Å². The average molecular weight is 359 g/mol. The van der Waals surface area contributed by atoms with Gasteiger partial charge in [0, 0.05) is 31.7 Å². The Morgan fingerprint density at radius 1 is 1.24 bits per heavy atom. The molecule has 1 aromatic rings. The maximum Gasteiger partial charge on any atom is 0.573 e. The molecule has 9 heteroatoms. The fourth-order valence-corrected chi connectivity index (χ4v) is 2.44. The Hall–Kier alpha value is -2.29. The minimum Gasteiger partial charge on any atom is -0.444 e. The molecule has 1 atom stereocenters. The molecule has 1 aliphatic rings. The van der Waals surface area contributed by atoms with E-state index in [1.54, 1.807) is 6.92 Å². The maximum atomic E-state index is 12.4. The maximum absolute atomic E-state index is 12.4. The van der Waals surface area contributed by atoms with Crippen LogP contribution in [0.2, 0.25) is 0 Å². The van der Waals surface area contributed by atoms with E-state index in [0.717, 1.165) is 6.07 Å². The van der Waals surface area contributed by atoms with Crippen LogP contribution in [0.4, 0.5) is 18.0 Å². The second-order valence-corrected chi connectivity index (χ2v) is 5.53. The third kappa shape index (κ3) is 5.63. The summed E-state index contributed by atoms with van der Waals surface area (Å²) in [6.07, 6.45) is -3.55. The van der Waals surface area contributed by atoms with Gasteiger partial charge in [-0.1, -0.05) is 18.2 Å². The molecule has 1 unspecified atom stereocenters. The normalized spacial score (nSPS) is 17.0. The zero-order valence-corrected chi connectivity index (χ0v) is 13.6. The Labute approximate surface area is 143 Å². The molecule has 1 radical (unpaired) electrons. The number of rotatable bonds is 5. The van der Waals surface area contributed by atoms with E-state index in [1.165, 1.54) is 23.1 Å². The molecule has 137 valence electrons. The summed E-state index contributed by atoms with van der Waals surface area (Å²) in [5, 5.41) is 0. The predicted molar refractivity (Wildman–Crippen MR) is 81.6 cm³/mol. The van der Waals surface area contributed by atoms with E-state index in [4.69, 9.17) is 4.74 Å². The number of nitrogens with zero attached hydrogens (tertiary/aromatic N) is 2. The highest BCUT2D eigenvalue weighted by Crippen LogP contribution is 2.26. The summed E-state index contributed by atoms with van der Waals surface area (Å²) in [6, 6.07) is 5.14. The summed E-state index contributed by atoms with van der Waals surface area (Å²) < 4.78 is 46.1. The topological polar surface area (TPSA) is 59.1 Å². The van der Waals surface area contributed by atoms with E-state index >= 15 is 0 Å². The van der Waals surface area contributed by atoms with Crippen molar-refractivity contribution in [3.63, 3.8) is 0 Å². The van der Waals surface area contributed by atoms with Gasteiger partial charge in [0.05, 0.1) is 6.04 Å². The molecule has 0 spiro atoms. The lowest BCUT2D eigenvalue weighted by atomic mass is 10.2. The molecule has 6 nitrogen and oxygen atoms in total. The summed E-state index contributed by atoms with van der Waals surface area (Å²) in [5.74, 6) is -0.400. The smallest absolute Gasteiger partial charge is 0.444 e. The van der Waals surface area contributed by atoms with E-state index in [9.17, 15) is 22.8 Å². The molecule has 1 amide bonds. The molecule has 0 aromatic heterocycles. The van der Waals surface area contributed by atoms with Crippen molar-refractivity contribution < 1.29 is 32.2 Å². The minimum absolute atomic E-state index is 0.121. The number of piperazine rings is 1. The van der Waals surface area contributed by atoms with Crippen LogP contribution in [0.15, 0.2) is 24.3 Å². The molecule has 0 aliphatic carbocycles. The lowest BCUT2D eigenvalue weighted by Crippen LogP contribution is -2.51. The van der Waals surface area contributed by atoms with Crippen molar-refractivity contribution >= 4 is 12.4 Å². The van der Waals surface area contributed by atoms with Gasteiger partial charge in [0.15, 0.2) is 0 Å². The van der Waals surface area contributed by atoms with E-state index in [-0.39, 0.29) is 18.2 Å². The predicted octanol–water partition coefficient (Wildman–Crippen LogP) is 2.34. The van der Waals surface area contributed by atoms with Gasteiger partial charge in [-0.3, -0.25) is 9.69 Å². The number of para-hydroxylation sites is 1. The highest BCUT2D eigenvalue weighted by atomic mass is 19.4. The van der Waals surface area contributed by atoms with Crippen molar-refractivity contribution in [1.82, 2.24) is 9.80 Å². The van der Waals surface area contributed by atoms with Crippen molar-refractivity contribution in [2.75, 3.05) is 26.2 Å². The van der Waals surface area contributed by atoms with Gasteiger partial charge in [-0.05, 0) is 13.0 Å². The number of carbonyl (C=O) groups is 1. The van der Waals surface area contributed by atoms with Gasteiger partial charge in [-0.15, -0.1) is 13.2 Å². The van der Waals surface area contributed by atoms with Gasteiger partial charge in [0.25, 0.3) is 0 Å². The first-order valence-electron chi connectivity index (χ1n) is 7.67. The van der Waals surface area contributed by atoms with Crippen LogP contribution in [-0.4, -0.2) is 60.8 Å². The molecule has 1 saturated heterocycles. The number of amides is 1. The number of ether oxygens (including phenoxy) is 2. The molecular formula is C16H18F3N2O4. The number of halogens is 3. The van der Waals surface area contributed by atoms with Gasteiger partial charge >= 0.3 is 12.5 Å². The monoisotopic (exact) mass is 359 g/mol. The largest absolute Gasteiger partial charge is 0.573 e. The Morgan fingerprint density at radius 3 is 2.48 bits per heavy atom. The summed E-state index contributed by atoms with van der Waals surface area (Å²) in [4.78, 5) is 26.0. The standard InChI is InChI=1S/C16H18F3N2O4/c1-12(10-22)20-6-8-21(9-7-20)15(23)24-11-13-4-2-3-5-14(13)25-16(17,18)19/h2-5,12H,6-9,11H2,1H3. The minimum atomic E-state index is -4.82. The van der Waals surface area contributed by atoms with Crippen molar-refractivity contribution in [3.05, 3.63) is 29.8 Å². The highest BCUT2D eigenvalue weighted by molar-refractivity contribution is 5.68. The van der Waals surface area contributed by atoms with E-state index in [2.05, 4.69) is 4.74 Å². The Kier molecular flexibility index (Phi) is 6.24. The number of alkyl halides is 3. The first kappa shape index (κ1) is 19.0. The molecule has 1 fully saturated rings. The summed E-state index contributed by atoms with van der Waals surface area (Å²) in [6.45, 7) is 3.12. The second kappa shape index (κ2) is 8.19. The summed E-state index contributed by atoms with van der Waals surface area (Å²) in [5.41, 5.74) is 0.121. The van der Waals surface area contributed by atoms with Crippen molar-refractivity contribution in [3.8, 4) is 5.75 Å². The van der Waals surface area contributed by atoms with Crippen molar-refractivity contribution in [2.45, 2.75) is 25.9 Å². The van der Waals surface area contributed by atoms with Crippen LogP contribution in [0.1, 0.15) is 12.5 Å². The van der Waals surface area contributed by atoms with Crippen LogP contribution in [0.3, 0.4) is 0 Å². The lowest BCUT2D eigenvalue weighted by molar-refractivity contribution is -0.275. The number of benzene rings is 1. The van der Waals surface area contributed by atoms with Crippen LogP contribution in [0.25, 0.3) is 0 Å². The van der Waals surface area contributed by atoms with Crippen LogP contribution in [-0.2, 0) is 16.1 Å². The lowest BCUT2D eigenvalue weighted by Gasteiger charge is -2.35. The van der Waals surface area contributed by atoms with Crippen LogP contribution in [0.5, 0.6) is 5.75 Å². The molecule has 0 N–H and O–H groups in total. The molecule has 25 heavy (non-hydrogen) atoms. The van der Waals surface area contributed by atoms with E-state index < -0.39 is 18.2 Å². The Bertz CT molecular complexity index is 601. The van der Waals surface area contributed by atoms with Crippen molar-refractivity contribution in [2.24, 2.45) is 0 Å². The Morgan fingerprint density at radius 2 is 1.88 bits per heavy atom. The first-order valence-corrected chi connectivity index (χ1v) is 7.67. The fraction of sp³-hybridized carbons (Fsp3) is 0.500. The molecule has 0 bridgehead atoms. The van der Waals surface area contributed by atoms with Crippen LogP contribution in [0, 0.1) is 0 Å². The average Bonchev–Trinajstić information content (AvgIpc) is 2.59.